The predicted molar refractivity (Wildman–Crippen MR) is 134 cm³/mol. The Morgan fingerprint density at radius 3 is 2.44 bits per heavy atom. The van der Waals surface area contributed by atoms with Gasteiger partial charge < -0.3 is 10.5 Å². The highest BCUT2D eigenvalue weighted by Crippen LogP contribution is 2.44. The van der Waals surface area contributed by atoms with Crippen molar-refractivity contribution in [2.75, 3.05) is 10.8 Å². The van der Waals surface area contributed by atoms with E-state index in [-0.39, 0.29) is 17.0 Å². The molecule has 1 fully saturated rings. The first-order chi connectivity index (χ1) is 16.6. The standard InChI is InChI=1S/C23H21N5O3S3/c24-18-21(29)28-19(16(12-32-22(18)28)33-13-34-17-11-25-27-26-17)23(30)31-20(14-7-3-1-4-8-14)15-9-5-2-6-10-15/h1-11,18,20,22H,12-13,24H2,(H,25,26,27)/t18?,22-/m0/s1. The van der Waals surface area contributed by atoms with Gasteiger partial charge >= 0.3 is 5.97 Å². The summed E-state index contributed by atoms with van der Waals surface area (Å²) in [4.78, 5) is 28.6. The summed E-state index contributed by atoms with van der Waals surface area (Å²) in [5.74, 6) is -0.211. The van der Waals surface area contributed by atoms with E-state index in [1.807, 2.05) is 60.7 Å². The molecule has 34 heavy (non-hydrogen) atoms. The van der Waals surface area contributed by atoms with E-state index in [1.165, 1.54) is 28.4 Å². The van der Waals surface area contributed by atoms with E-state index in [1.54, 1.807) is 18.0 Å². The number of ether oxygens (including phenoxy) is 1. The Labute approximate surface area is 209 Å². The quantitative estimate of drug-likeness (QED) is 0.203. The summed E-state index contributed by atoms with van der Waals surface area (Å²) in [5, 5.41) is 11.5. The maximum atomic E-state index is 13.6. The molecule has 1 unspecified atom stereocenters. The average Bonchev–Trinajstić information content (AvgIpc) is 3.41. The largest absolute Gasteiger partial charge is 0.448 e. The second kappa shape index (κ2) is 10.3. The number of β-lactam (4-membered cyclic amide) rings is 1. The lowest BCUT2D eigenvalue weighted by atomic mass is 10.0. The number of rotatable bonds is 8. The topological polar surface area (TPSA) is 114 Å². The van der Waals surface area contributed by atoms with Crippen molar-refractivity contribution in [2.24, 2.45) is 5.73 Å². The molecule has 5 rings (SSSR count). The van der Waals surface area contributed by atoms with Crippen LogP contribution in [0, 0.1) is 0 Å². The summed E-state index contributed by atoms with van der Waals surface area (Å²) < 4.78 is 6.09. The zero-order chi connectivity index (χ0) is 23.5. The van der Waals surface area contributed by atoms with Crippen molar-refractivity contribution in [1.29, 1.82) is 0 Å². The molecule has 1 saturated heterocycles. The van der Waals surface area contributed by atoms with Crippen LogP contribution in [-0.4, -0.2) is 54.4 Å². The lowest BCUT2D eigenvalue weighted by molar-refractivity contribution is -0.152. The summed E-state index contributed by atoms with van der Waals surface area (Å²) in [6.45, 7) is 0. The van der Waals surface area contributed by atoms with Gasteiger partial charge in [0.25, 0.3) is 0 Å². The molecule has 3 N–H and O–H groups in total. The summed E-state index contributed by atoms with van der Waals surface area (Å²) in [6, 6.07) is 18.6. The van der Waals surface area contributed by atoms with Crippen molar-refractivity contribution in [3.8, 4) is 0 Å². The molecular formula is C23H21N5O3S3. The Kier molecular flexibility index (Phi) is 6.95. The number of fused-ring (bicyclic) bond motifs is 1. The summed E-state index contributed by atoms with van der Waals surface area (Å²) in [7, 11) is 0. The first-order valence-electron chi connectivity index (χ1n) is 10.5. The minimum atomic E-state index is -0.608. The van der Waals surface area contributed by atoms with Gasteiger partial charge in [-0.25, -0.2) is 4.79 Å². The van der Waals surface area contributed by atoms with Crippen molar-refractivity contribution in [3.63, 3.8) is 0 Å². The molecule has 1 amide bonds. The van der Waals surface area contributed by atoms with Gasteiger partial charge in [0.2, 0.25) is 5.91 Å². The van der Waals surface area contributed by atoms with Gasteiger partial charge in [0, 0.05) is 10.7 Å². The van der Waals surface area contributed by atoms with Crippen LogP contribution in [0.2, 0.25) is 0 Å². The lowest BCUT2D eigenvalue weighted by Gasteiger charge is -2.48. The van der Waals surface area contributed by atoms with Crippen LogP contribution in [0.5, 0.6) is 0 Å². The minimum absolute atomic E-state index is 0.255. The molecule has 11 heteroatoms. The second-order valence-electron chi connectivity index (χ2n) is 7.53. The van der Waals surface area contributed by atoms with E-state index in [0.29, 0.717) is 10.8 Å². The molecule has 1 aromatic heterocycles. The molecule has 0 saturated carbocycles. The van der Waals surface area contributed by atoms with Crippen molar-refractivity contribution < 1.29 is 14.3 Å². The number of carbonyl (C=O) groups excluding carboxylic acids is 2. The van der Waals surface area contributed by atoms with Gasteiger partial charge in [0.05, 0.1) is 11.3 Å². The van der Waals surface area contributed by atoms with Crippen molar-refractivity contribution in [3.05, 3.63) is 88.6 Å². The first-order valence-corrected chi connectivity index (χ1v) is 13.5. The molecule has 2 aromatic carbocycles. The highest BCUT2D eigenvalue weighted by atomic mass is 32.2. The van der Waals surface area contributed by atoms with Crippen LogP contribution < -0.4 is 5.73 Å². The third kappa shape index (κ3) is 4.61. The fourth-order valence-electron chi connectivity index (χ4n) is 3.76. The molecule has 2 aliphatic heterocycles. The predicted octanol–water partition coefficient (Wildman–Crippen LogP) is 3.37. The molecule has 0 bridgehead atoms. The number of aromatic amines is 1. The normalized spacial score (nSPS) is 19.7. The number of benzene rings is 2. The molecular weight excluding hydrogens is 490 g/mol. The molecule has 3 aromatic rings. The molecule has 174 valence electrons. The van der Waals surface area contributed by atoms with E-state index >= 15 is 0 Å². The Balaban J connectivity index is 1.43. The van der Waals surface area contributed by atoms with Crippen molar-refractivity contribution in [1.82, 2.24) is 20.3 Å². The van der Waals surface area contributed by atoms with Crippen LogP contribution in [0.4, 0.5) is 0 Å². The van der Waals surface area contributed by atoms with Gasteiger partial charge in [-0.2, -0.15) is 10.3 Å². The number of esters is 1. The molecule has 8 nitrogen and oxygen atoms in total. The Hall–Kier alpha value is -2.73. The molecule has 2 atom stereocenters. The van der Waals surface area contributed by atoms with Crippen LogP contribution in [0.3, 0.4) is 0 Å². The number of nitrogens with one attached hydrogen (secondary N) is 1. The van der Waals surface area contributed by atoms with E-state index in [2.05, 4.69) is 15.4 Å². The van der Waals surface area contributed by atoms with Crippen LogP contribution in [0.1, 0.15) is 17.2 Å². The fourth-order valence-corrected chi connectivity index (χ4v) is 7.27. The van der Waals surface area contributed by atoms with Gasteiger partial charge in [-0.3, -0.25) is 9.69 Å². The maximum absolute atomic E-state index is 13.6. The molecule has 0 spiro atoms. The average molecular weight is 512 g/mol. The molecule has 3 heterocycles. The van der Waals surface area contributed by atoms with Gasteiger partial charge in [-0.15, -0.1) is 28.6 Å². The van der Waals surface area contributed by atoms with Crippen LogP contribution >= 0.6 is 35.3 Å². The molecule has 0 radical (unpaired) electrons. The van der Waals surface area contributed by atoms with Gasteiger partial charge in [0.15, 0.2) is 6.10 Å². The third-order valence-electron chi connectivity index (χ3n) is 5.43. The maximum Gasteiger partial charge on any atom is 0.356 e. The van der Waals surface area contributed by atoms with Gasteiger partial charge in [-0.1, -0.05) is 72.4 Å². The van der Waals surface area contributed by atoms with E-state index < -0.39 is 18.1 Å². The number of hydrogen-bond acceptors (Lipinski definition) is 9. The number of nitrogens with two attached hydrogens (primary N) is 1. The summed E-state index contributed by atoms with van der Waals surface area (Å²) in [6.07, 6.45) is 1.04. The molecule has 2 aliphatic rings. The summed E-state index contributed by atoms with van der Waals surface area (Å²) >= 11 is 4.56. The summed E-state index contributed by atoms with van der Waals surface area (Å²) in [5.41, 5.74) is 8.01. The number of carbonyl (C=O) groups is 2. The van der Waals surface area contributed by atoms with Crippen molar-refractivity contribution in [2.45, 2.75) is 22.5 Å². The van der Waals surface area contributed by atoms with Gasteiger partial charge in [-0.05, 0) is 11.1 Å². The van der Waals surface area contributed by atoms with Crippen molar-refractivity contribution >= 4 is 47.2 Å². The SMILES string of the molecule is NC1C(=O)N2C(C(=O)OC(c3ccccc3)c3ccccc3)=C(SCSc3cn[nH]n3)CS[C@@H]12. The van der Waals surface area contributed by atoms with E-state index in [4.69, 9.17) is 10.5 Å². The number of nitrogens with zero attached hydrogens (tertiary/aromatic N) is 3. The van der Waals surface area contributed by atoms with Crippen LogP contribution in [0.15, 0.2) is 82.5 Å². The third-order valence-corrected chi connectivity index (χ3v) is 9.04. The number of H-pyrrole nitrogens is 1. The Morgan fingerprint density at radius 2 is 1.82 bits per heavy atom. The highest BCUT2D eigenvalue weighted by molar-refractivity contribution is 8.18. The monoisotopic (exact) mass is 511 g/mol. The van der Waals surface area contributed by atoms with E-state index in [9.17, 15) is 9.59 Å². The van der Waals surface area contributed by atoms with Crippen LogP contribution in [-0.2, 0) is 14.3 Å². The molecule has 0 aliphatic carbocycles. The number of hydrogen-bond donors (Lipinski definition) is 2. The number of amides is 1. The Bertz CT molecular complexity index is 1150. The smallest absolute Gasteiger partial charge is 0.356 e. The highest BCUT2D eigenvalue weighted by Gasteiger charge is 2.52. The second-order valence-corrected chi connectivity index (χ2v) is 11.1. The van der Waals surface area contributed by atoms with Gasteiger partial charge in [0.1, 0.15) is 22.1 Å². The first kappa shape index (κ1) is 23.0. The fraction of sp³-hybridized carbons (Fsp3) is 0.217. The number of thioether (sulfide) groups is 3. The Morgan fingerprint density at radius 1 is 1.15 bits per heavy atom. The minimum Gasteiger partial charge on any atom is -0.448 e. The van der Waals surface area contributed by atoms with Crippen LogP contribution in [0.25, 0.3) is 0 Å². The number of aromatic nitrogens is 3. The lowest BCUT2D eigenvalue weighted by Crippen LogP contribution is -2.68. The zero-order valence-corrected chi connectivity index (χ0v) is 20.3. The van der Waals surface area contributed by atoms with E-state index in [0.717, 1.165) is 21.1 Å². The zero-order valence-electron chi connectivity index (χ0n) is 17.9.